The van der Waals surface area contributed by atoms with Gasteiger partial charge in [0.15, 0.2) is 0 Å². The van der Waals surface area contributed by atoms with Crippen molar-refractivity contribution in [3.05, 3.63) is 11.9 Å². The van der Waals surface area contributed by atoms with Gasteiger partial charge in [-0.05, 0) is 6.92 Å². The maximum Gasteiger partial charge on any atom is 0.432 e. The van der Waals surface area contributed by atoms with Gasteiger partial charge in [-0.15, -0.1) is 0 Å². The molecule has 0 spiro atoms. The number of aryl methyl sites for hydroxylation is 1. The van der Waals surface area contributed by atoms with E-state index in [1.807, 2.05) is 0 Å². The summed E-state index contributed by atoms with van der Waals surface area (Å²) in [5.74, 6) is 0. The second-order valence-corrected chi connectivity index (χ2v) is 1.90. The lowest BCUT2D eigenvalue weighted by Gasteiger charge is -1.86. The van der Waals surface area contributed by atoms with E-state index < -0.39 is 6.09 Å². The summed E-state index contributed by atoms with van der Waals surface area (Å²) in [5, 5.41) is 12.0. The van der Waals surface area contributed by atoms with Crippen molar-refractivity contribution in [2.75, 3.05) is 5.73 Å². The Kier molecular flexibility index (Phi) is 1.33. The van der Waals surface area contributed by atoms with Gasteiger partial charge in [-0.2, -0.15) is 9.78 Å². The molecule has 0 fully saturated rings. The summed E-state index contributed by atoms with van der Waals surface area (Å²) in [6, 6.07) is 0. The standard InChI is InChI=1S/C5H7N3O2/c1-3-4(6)2-8(7-3)5(9)10/h2H,6H2,1H3,(H,9,10). The summed E-state index contributed by atoms with van der Waals surface area (Å²) in [6.45, 7) is 1.65. The van der Waals surface area contributed by atoms with Crippen LogP contribution in [0.25, 0.3) is 0 Å². The maximum atomic E-state index is 10.2. The smallest absolute Gasteiger partial charge is 0.432 e. The predicted octanol–water partition coefficient (Wildman–Crippen LogP) is 0.300. The number of nitrogens with zero attached hydrogens (tertiary/aromatic N) is 2. The number of hydrogen-bond donors (Lipinski definition) is 2. The fourth-order valence-corrected chi connectivity index (χ4v) is 0.571. The van der Waals surface area contributed by atoms with Gasteiger partial charge in [0.1, 0.15) is 0 Å². The van der Waals surface area contributed by atoms with Crippen molar-refractivity contribution in [1.82, 2.24) is 9.78 Å². The molecule has 1 aromatic rings. The number of carbonyl (C=O) groups is 1. The Morgan fingerprint density at radius 3 is 2.70 bits per heavy atom. The van der Waals surface area contributed by atoms with Crippen LogP contribution >= 0.6 is 0 Å². The Morgan fingerprint density at radius 2 is 2.50 bits per heavy atom. The van der Waals surface area contributed by atoms with Gasteiger partial charge < -0.3 is 10.8 Å². The van der Waals surface area contributed by atoms with E-state index in [9.17, 15) is 4.79 Å². The molecule has 3 N–H and O–H groups in total. The lowest BCUT2D eigenvalue weighted by atomic mass is 10.4. The summed E-state index contributed by atoms with van der Waals surface area (Å²) < 4.78 is 0.782. The number of nitrogens with two attached hydrogens (primary N) is 1. The van der Waals surface area contributed by atoms with Crippen molar-refractivity contribution in [2.24, 2.45) is 0 Å². The Bertz CT molecular complexity index is 246. The normalized spacial score (nSPS) is 9.70. The SMILES string of the molecule is Cc1nn(C(=O)O)cc1N. The molecule has 5 heteroatoms. The van der Waals surface area contributed by atoms with Crippen molar-refractivity contribution >= 4 is 11.8 Å². The number of aromatic nitrogens is 2. The van der Waals surface area contributed by atoms with Crippen LogP contribution in [0.4, 0.5) is 10.5 Å². The first kappa shape index (κ1) is 6.60. The van der Waals surface area contributed by atoms with Crippen LogP contribution in [0, 0.1) is 6.92 Å². The van der Waals surface area contributed by atoms with E-state index in [0.29, 0.717) is 11.4 Å². The van der Waals surface area contributed by atoms with Gasteiger partial charge in [-0.25, -0.2) is 4.79 Å². The largest absolute Gasteiger partial charge is 0.463 e. The molecule has 0 radical (unpaired) electrons. The lowest BCUT2D eigenvalue weighted by Crippen LogP contribution is -2.07. The average Bonchev–Trinajstić information content (AvgIpc) is 2.13. The van der Waals surface area contributed by atoms with Gasteiger partial charge >= 0.3 is 6.09 Å². The molecule has 0 saturated heterocycles. The van der Waals surface area contributed by atoms with Gasteiger partial charge in [-0.1, -0.05) is 0 Å². The molecule has 0 aliphatic heterocycles. The molecule has 0 aliphatic carbocycles. The van der Waals surface area contributed by atoms with Crippen LogP contribution in [-0.2, 0) is 0 Å². The van der Waals surface area contributed by atoms with E-state index in [2.05, 4.69) is 5.10 Å². The summed E-state index contributed by atoms with van der Waals surface area (Å²) in [5.41, 5.74) is 6.25. The molecule has 0 aromatic carbocycles. The molecule has 0 atom stereocenters. The van der Waals surface area contributed by atoms with Crippen LogP contribution in [0.15, 0.2) is 6.20 Å². The Labute approximate surface area is 57.1 Å². The van der Waals surface area contributed by atoms with Gasteiger partial charge in [0, 0.05) is 0 Å². The van der Waals surface area contributed by atoms with Crippen LogP contribution in [0.1, 0.15) is 5.69 Å². The molecular formula is C5H7N3O2. The highest BCUT2D eigenvalue weighted by Crippen LogP contribution is 2.05. The first-order valence-electron chi connectivity index (χ1n) is 2.66. The fraction of sp³-hybridized carbons (Fsp3) is 0.200. The molecule has 1 heterocycles. The van der Waals surface area contributed by atoms with E-state index in [-0.39, 0.29) is 0 Å². The molecule has 0 saturated carbocycles. The Hall–Kier alpha value is -1.52. The number of nitrogen functional groups attached to an aromatic ring is 1. The molecule has 0 unspecified atom stereocenters. The van der Waals surface area contributed by atoms with E-state index in [1.165, 1.54) is 6.20 Å². The topological polar surface area (TPSA) is 81.1 Å². The summed E-state index contributed by atoms with van der Waals surface area (Å²) in [4.78, 5) is 10.2. The summed E-state index contributed by atoms with van der Waals surface area (Å²) >= 11 is 0. The lowest BCUT2D eigenvalue weighted by molar-refractivity contribution is 0.192. The fourth-order valence-electron chi connectivity index (χ4n) is 0.571. The third kappa shape index (κ3) is 0.928. The monoisotopic (exact) mass is 141 g/mol. The third-order valence-electron chi connectivity index (χ3n) is 1.13. The highest BCUT2D eigenvalue weighted by Gasteiger charge is 2.04. The highest BCUT2D eigenvalue weighted by atomic mass is 16.4. The van der Waals surface area contributed by atoms with Crippen LogP contribution in [0.2, 0.25) is 0 Å². The number of hydrogen-bond acceptors (Lipinski definition) is 3. The third-order valence-corrected chi connectivity index (χ3v) is 1.13. The van der Waals surface area contributed by atoms with E-state index in [4.69, 9.17) is 10.8 Å². The van der Waals surface area contributed by atoms with E-state index >= 15 is 0 Å². The van der Waals surface area contributed by atoms with Crippen molar-refractivity contribution in [3.8, 4) is 0 Å². The van der Waals surface area contributed by atoms with Crippen LogP contribution < -0.4 is 5.73 Å². The first-order valence-corrected chi connectivity index (χ1v) is 2.66. The van der Waals surface area contributed by atoms with Crippen molar-refractivity contribution in [2.45, 2.75) is 6.92 Å². The number of carboxylic acid groups (broad SMARTS) is 1. The van der Waals surface area contributed by atoms with Gasteiger partial charge in [0.25, 0.3) is 0 Å². The molecule has 1 aromatic heterocycles. The highest BCUT2D eigenvalue weighted by molar-refractivity contribution is 5.68. The number of rotatable bonds is 0. The second kappa shape index (κ2) is 2.02. The zero-order chi connectivity index (χ0) is 7.72. The molecular weight excluding hydrogens is 134 g/mol. The summed E-state index contributed by atoms with van der Waals surface area (Å²) in [7, 11) is 0. The summed E-state index contributed by atoms with van der Waals surface area (Å²) in [6.07, 6.45) is 0.136. The van der Waals surface area contributed by atoms with Crippen LogP contribution in [-0.4, -0.2) is 21.0 Å². The Balaban J connectivity index is 3.10. The predicted molar refractivity (Wildman–Crippen MR) is 34.8 cm³/mol. The molecule has 0 amide bonds. The van der Waals surface area contributed by atoms with E-state index in [1.54, 1.807) is 6.92 Å². The minimum absolute atomic E-state index is 0.391. The molecule has 0 bridgehead atoms. The van der Waals surface area contributed by atoms with Gasteiger partial charge in [-0.3, -0.25) is 0 Å². The molecule has 0 aliphatic rings. The van der Waals surface area contributed by atoms with Gasteiger partial charge in [0.2, 0.25) is 0 Å². The Morgan fingerprint density at radius 1 is 1.90 bits per heavy atom. The number of anilines is 1. The average molecular weight is 141 g/mol. The molecule has 54 valence electrons. The van der Waals surface area contributed by atoms with Crippen molar-refractivity contribution < 1.29 is 9.90 Å². The second-order valence-electron chi connectivity index (χ2n) is 1.90. The minimum Gasteiger partial charge on any atom is -0.463 e. The quantitative estimate of drug-likeness (QED) is 0.544. The van der Waals surface area contributed by atoms with Gasteiger partial charge in [0.05, 0.1) is 17.6 Å². The molecule has 1 rings (SSSR count). The zero-order valence-electron chi connectivity index (χ0n) is 5.40. The van der Waals surface area contributed by atoms with Crippen LogP contribution in [0.3, 0.4) is 0 Å². The molecule has 10 heavy (non-hydrogen) atoms. The van der Waals surface area contributed by atoms with Crippen molar-refractivity contribution in [1.29, 1.82) is 0 Å². The van der Waals surface area contributed by atoms with E-state index in [0.717, 1.165) is 4.68 Å². The maximum absolute atomic E-state index is 10.2. The van der Waals surface area contributed by atoms with Crippen LogP contribution in [0.5, 0.6) is 0 Å². The zero-order valence-corrected chi connectivity index (χ0v) is 5.40. The minimum atomic E-state index is -1.13. The first-order chi connectivity index (χ1) is 4.61. The molecule has 5 nitrogen and oxygen atoms in total. The van der Waals surface area contributed by atoms with Crippen molar-refractivity contribution in [3.63, 3.8) is 0 Å².